The van der Waals surface area contributed by atoms with Crippen LogP contribution in [0.15, 0.2) is 47.4 Å². The number of likely N-dealkylation sites (tertiary alicyclic amines) is 1. The van der Waals surface area contributed by atoms with Crippen molar-refractivity contribution in [2.45, 2.75) is 19.3 Å². The van der Waals surface area contributed by atoms with Crippen LogP contribution in [-0.2, 0) is 11.2 Å². The quantitative estimate of drug-likeness (QED) is 0.557. The molecule has 1 aromatic carbocycles. The summed E-state index contributed by atoms with van der Waals surface area (Å²) >= 11 is 0. The molecule has 10 heteroatoms. The Morgan fingerprint density at radius 2 is 1.91 bits per heavy atom. The first kappa shape index (κ1) is 20.0. The summed E-state index contributed by atoms with van der Waals surface area (Å²) in [4.78, 5) is 53.3. The second-order valence-electron chi connectivity index (χ2n) is 7.90. The minimum atomic E-state index is -0.421. The summed E-state index contributed by atoms with van der Waals surface area (Å²) in [6, 6.07) is 6.63. The SMILES string of the molecule is O=C(CN1C(=O)c2ccccc2C1=O)N1CCCC(Cc2nc(-c3cnccn3)no2)C1. The maximum atomic E-state index is 12.9. The molecule has 32 heavy (non-hydrogen) atoms. The summed E-state index contributed by atoms with van der Waals surface area (Å²) in [6.07, 6.45) is 6.96. The van der Waals surface area contributed by atoms with Crippen LogP contribution in [0.4, 0.5) is 0 Å². The molecule has 0 N–H and O–H groups in total. The van der Waals surface area contributed by atoms with Gasteiger partial charge in [-0.3, -0.25) is 24.3 Å². The second kappa shape index (κ2) is 8.29. The van der Waals surface area contributed by atoms with Gasteiger partial charge in [-0.1, -0.05) is 17.3 Å². The highest BCUT2D eigenvalue weighted by Crippen LogP contribution is 2.24. The summed E-state index contributed by atoms with van der Waals surface area (Å²) < 4.78 is 5.36. The van der Waals surface area contributed by atoms with Crippen LogP contribution in [-0.4, -0.2) is 67.3 Å². The zero-order valence-electron chi connectivity index (χ0n) is 17.2. The second-order valence-corrected chi connectivity index (χ2v) is 7.90. The Balaban J connectivity index is 1.21. The first-order chi connectivity index (χ1) is 15.6. The molecule has 0 aliphatic carbocycles. The molecule has 162 valence electrons. The highest BCUT2D eigenvalue weighted by atomic mass is 16.5. The molecule has 2 aliphatic heterocycles. The van der Waals surface area contributed by atoms with Gasteiger partial charge in [-0.15, -0.1) is 0 Å². The van der Waals surface area contributed by atoms with E-state index in [0.717, 1.165) is 17.7 Å². The molecule has 0 spiro atoms. The number of amides is 3. The summed E-state index contributed by atoms with van der Waals surface area (Å²) in [7, 11) is 0. The highest BCUT2D eigenvalue weighted by molar-refractivity contribution is 6.22. The first-order valence-electron chi connectivity index (χ1n) is 10.4. The van der Waals surface area contributed by atoms with Crippen molar-refractivity contribution in [3.8, 4) is 11.5 Å². The van der Waals surface area contributed by atoms with E-state index >= 15 is 0 Å². The number of hydrogen-bond acceptors (Lipinski definition) is 8. The number of piperidine rings is 1. The van der Waals surface area contributed by atoms with E-state index in [4.69, 9.17) is 4.52 Å². The summed E-state index contributed by atoms with van der Waals surface area (Å²) in [5, 5.41) is 3.96. The van der Waals surface area contributed by atoms with Crippen molar-refractivity contribution < 1.29 is 18.9 Å². The number of benzene rings is 1. The lowest BCUT2D eigenvalue weighted by Crippen LogP contribution is -2.46. The number of nitrogens with zero attached hydrogens (tertiary/aromatic N) is 6. The number of aromatic nitrogens is 4. The predicted molar refractivity (Wildman–Crippen MR) is 110 cm³/mol. The molecule has 3 aromatic rings. The van der Waals surface area contributed by atoms with Crippen LogP contribution in [0.3, 0.4) is 0 Å². The van der Waals surface area contributed by atoms with Gasteiger partial charge in [0.25, 0.3) is 11.8 Å². The van der Waals surface area contributed by atoms with Gasteiger partial charge in [-0.2, -0.15) is 4.98 Å². The third-order valence-electron chi connectivity index (χ3n) is 5.77. The number of imide groups is 1. The summed E-state index contributed by atoms with van der Waals surface area (Å²) in [5.41, 5.74) is 1.22. The van der Waals surface area contributed by atoms with Crippen LogP contribution in [0, 0.1) is 5.92 Å². The number of carbonyl (C=O) groups excluding carboxylic acids is 3. The molecule has 1 unspecified atom stereocenters. The molecule has 10 nitrogen and oxygen atoms in total. The lowest BCUT2D eigenvalue weighted by Gasteiger charge is -2.33. The first-order valence-corrected chi connectivity index (χ1v) is 10.4. The molecule has 2 aromatic heterocycles. The van der Waals surface area contributed by atoms with Crippen LogP contribution >= 0.6 is 0 Å². The van der Waals surface area contributed by atoms with Gasteiger partial charge in [-0.25, -0.2) is 4.98 Å². The van der Waals surface area contributed by atoms with Gasteiger partial charge in [0.2, 0.25) is 17.6 Å². The van der Waals surface area contributed by atoms with Crippen LogP contribution in [0.25, 0.3) is 11.5 Å². The van der Waals surface area contributed by atoms with E-state index in [1.807, 2.05) is 0 Å². The normalized spacial score (nSPS) is 18.2. The Hall–Kier alpha value is -3.95. The maximum Gasteiger partial charge on any atom is 0.262 e. The minimum absolute atomic E-state index is 0.144. The van der Waals surface area contributed by atoms with Gasteiger partial charge >= 0.3 is 0 Å². The van der Waals surface area contributed by atoms with Crippen molar-refractivity contribution in [3.05, 3.63) is 59.9 Å². The van der Waals surface area contributed by atoms with Gasteiger partial charge in [-0.05, 0) is 30.9 Å². The topological polar surface area (TPSA) is 122 Å². The summed E-state index contributed by atoms with van der Waals surface area (Å²) in [5.74, 6) is -0.0855. The number of fused-ring (bicyclic) bond motifs is 1. The van der Waals surface area contributed by atoms with Gasteiger partial charge in [0, 0.05) is 31.9 Å². The van der Waals surface area contributed by atoms with E-state index in [0.29, 0.717) is 48.0 Å². The molecule has 3 amide bonds. The largest absolute Gasteiger partial charge is 0.341 e. The van der Waals surface area contributed by atoms with Crippen LogP contribution < -0.4 is 0 Å². The van der Waals surface area contributed by atoms with E-state index in [1.54, 1.807) is 47.8 Å². The maximum absolute atomic E-state index is 12.9. The number of hydrogen-bond donors (Lipinski definition) is 0. The molecule has 2 aliphatic rings. The fourth-order valence-corrected chi connectivity index (χ4v) is 4.18. The fourth-order valence-electron chi connectivity index (χ4n) is 4.18. The van der Waals surface area contributed by atoms with Gasteiger partial charge in [0.05, 0.1) is 17.3 Å². The van der Waals surface area contributed by atoms with E-state index in [2.05, 4.69) is 20.1 Å². The standard InChI is InChI=1S/C22H20N6O4/c29-19(13-28-21(30)15-5-1-2-6-16(15)22(28)31)27-9-3-4-14(12-27)10-18-25-20(26-32-18)17-11-23-7-8-24-17/h1-2,5-8,11,14H,3-4,9-10,12-13H2. The highest BCUT2D eigenvalue weighted by Gasteiger charge is 2.37. The van der Waals surface area contributed by atoms with Crippen molar-refractivity contribution in [3.63, 3.8) is 0 Å². The molecule has 1 saturated heterocycles. The van der Waals surface area contributed by atoms with Crippen LogP contribution in [0.1, 0.15) is 39.4 Å². The number of rotatable bonds is 5. The van der Waals surface area contributed by atoms with Gasteiger partial charge in [0.1, 0.15) is 12.2 Å². The minimum Gasteiger partial charge on any atom is -0.341 e. The Bertz CT molecular complexity index is 1140. The van der Waals surface area contributed by atoms with Crippen LogP contribution in [0.2, 0.25) is 0 Å². The van der Waals surface area contributed by atoms with E-state index in [9.17, 15) is 14.4 Å². The van der Waals surface area contributed by atoms with Gasteiger partial charge in [0.15, 0.2) is 0 Å². The van der Waals surface area contributed by atoms with E-state index in [-0.39, 0.29) is 18.4 Å². The number of carbonyl (C=O) groups is 3. The molecule has 1 atom stereocenters. The third kappa shape index (κ3) is 3.75. The molecule has 0 bridgehead atoms. The van der Waals surface area contributed by atoms with Crippen molar-refractivity contribution in [2.24, 2.45) is 5.92 Å². The fraction of sp³-hybridized carbons (Fsp3) is 0.318. The predicted octanol–water partition coefficient (Wildman–Crippen LogP) is 1.60. The third-order valence-corrected chi connectivity index (χ3v) is 5.77. The lowest BCUT2D eigenvalue weighted by molar-refractivity contribution is -0.133. The zero-order valence-corrected chi connectivity index (χ0v) is 17.2. The molecule has 4 heterocycles. The van der Waals surface area contributed by atoms with E-state index < -0.39 is 11.8 Å². The van der Waals surface area contributed by atoms with Crippen molar-refractivity contribution in [1.82, 2.24) is 29.9 Å². The summed E-state index contributed by atoms with van der Waals surface area (Å²) in [6.45, 7) is 0.842. The Morgan fingerprint density at radius 1 is 1.12 bits per heavy atom. The van der Waals surface area contributed by atoms with Gasteiger partial charge < -0.3 is 9.42 Å². The average Bonchev–Trinajstić information content (AvgIpc) is 3.39. The molecule has 0 saturated carbocycles. The Kier molecular flexibility index (Phi) is 5.18. The Morgan fingerprint density at radius 3 is 2.62 bits per heavy atom. The van der Waals surface area contributed by atoms with Crippen molar-refractivity contribution in [2.75, 3.05) is 19.6 Å². The molecule has 1 fully saturated rings. The molecule has 0 radical (unpaired) electrons. The zero-order chi connectivity index (χ0) is 22.1. The van der Waals surface area contributed by atoms with Crippen molar-refractivity contribution in [1.29, 1.82) is 0 Å². The molecule has 5 rings (SSSR count). The monoisotopic (exact) mass is 432 g/mol. The van der Waals surface area contributed by atoms with Crippen LogP contribution in [0.5, 0.6) is 0 Å². The van der Waals surface area contributed by atoms with E-state index in [1.165, 1.54) is 0 Å². The average molecular weight is 432 g/mol. The molecular formula is C22H20N6O4. The Labute approximate surface area is 183 Å². The van der Waals surface area contributed by atoms with Crippen molar-refractivity contribution >= 4 is 17.7 Å². The lowest BCUT2D eigenvalue weighted by atomic mass is 9.94. The molecular weight excluding hydrogens is 412 g/mol. The smallest absolute Gasteiger partial charge is 0.262 e.